The molecular weight excluding hydrogens is 429 g/mol. The predicted octanol–water partition coefficient (Wildman–Crippen LogP) is 2.14. The van der Waals surface area contributed by atoms with Crippen LogP contribution < -0.4 is 20.8 Å². The molecule has 2 fully saturated rings. The molecule has 1 aromatic carbocycles. The number of aliphatic hydroxyl groups is 1. The highest BCUT2D eigenvalue weighted by Crippen LogP contribution is 2.44. The number of halogens is 2. The van der Waals surface area contributed by atoms with E-state index in [9.17, 15) is 19.8 Å². The first-order valence-electron chi connectivity index (χ1n) is 10.2. The van der Waals surface area contributed by atoms with Gasteiger partial charge in [0, 0.05) is 38.0 Å². The van der Waals surface area contributed by atoms with Gasteiger partial charge in [0.15, 0.2) is 11.6 Å². The van der Waals surface area contributed by atoms with Crippen molar-refractivity contribution in [3.63, 3.8) is 0 Å². The largest absolute Gasteiger partial charge is 0.492 e. The molecule has 4 rings (SSSR count). The average Bonchev–Trinajstić information content (AvgIpc) is 3.54. The number of fused-ring (bicyclic) bond motifs is 1. The van der Waals surface area contributed by atoms with Crippen LogP contribution in [0.4, 0.5) is 10.1 Å². The fourth-order valence-corrected chi connectivity index (χ4v) is 4.48. The molecule has 4 N–H and O–H groups in total. The molecule has 31 heavy (non-hydrogen) atoms. The minimum Gasteiger partial charge on any atom is -0.492 e. The van der Waals surface area contributed by atoms with Crippen LogP contribution in [0.3, 0.4) is 0 Å². The molecule has 1 aliphatic heterocycles. The number of piperidine rings is 1. The van der Waals surface area contributed by atoms with Crippen molar-refractivity contribution in [3.05, 3.63) is 33.9 Å². The number of hydrogen-bond acceptors (Lipinski definition) is 6. The third-order valence-electron chi connectivity index (χ3n) is 6.20. The lowest BCUT2D eigenvalue weighted by atomic mass is 9.89. The monoisotopic (exact) mass is 455 g/mol. The third-order valence-corrected chi connectivity index (χ3v) is 6.20. The summed E-state index contributed by atoms with van der Waals surface area (Å²) in [4.78, 5) is 26.1. The van der Waals surface area contributed by atoms with Gasteiger partial charge in [-0.2, -0.15) is 0 Å². The van der Waals surface area contributed by atoms with E-state index in [-0.39, 0.29) is 59.4 Å². The Morgan fingerprint density at radius 3 is 2.61 bits per heavy atom. The van der Waals surface area contributed by atoms with Crippen molar-refractivity contribution in [2.45, 2.75) is 37.8 Å². The molecule has 2 atom stereocenters. The highest BCUT2D eigenvalue weighted by Gasteiger charge is 2.33. The van der Waals surface area contributed by atoms with Gasteiger partial charge in [0.05, 0.1) is 18.0 Å². The Morgan fingerprint density at radius 1 is 1.35 bits per heavy atom. The number of carboxylic acid groups (broad SMARTS) is 1. The summed E-state index contributed by atoms with van der Waals surface area (Å²) in [5, 5.41) is 18.6. The zero-order valence-electron chi connectivity index (χ0n) is 17.2. The van der Waals surface area contributed by atoms with Gasteiger partial charge in [-0.25, -0.2) is 9.18 Å². The number of hydrogen-bond donors (Lipinski definition) is 3. The Labute approximate surface area is 184 Å². The van der Waals surface area contributed by atoms with Crippen molar-refractivity contribution in [2.75, 3.05) is 31.7 Å². The van der Waals surface area contributed by atoms with E-state index in [1.165, 1.54) is 13.3 Å². The molecule has 1 aliphatic carbocycles. The maximum atomic E-state index is 15.3. The molecule has 170 valence electrons. The van der Waals surface area contributed by atoms with Crippen molar-refractivity contribution < 1.29 is 24.1 Å². The molecule has 2 aliphatic rings. The standard InChI is InChI=1S/C21H26FN3O5.ClH/c1-30-20-17-13(19(27)14(21(28)29)9-25(17)12-2-3-12)8-15(22)18(20)24-6-4-11(5-7-26)16(23)10-24;/h8-9,11-12,16,26H,2-7,10,23H2,1H3,(H,28,29);1H. The first-order valence-corrected chi connectivity index (χ1v) is 10.2. The number of rotatable bonds is 6. The van der Waals surface area contributed by atoms with Gasteiger partial charge in [0.25, 0.3) is 0 Å². The number of aromatic carboxylic acids is 1. The molecule has 0 radical (unpaired) electrons. The van der Waals surface area contributed by atoms with E-state index in [0.29, 0.717) is 31.4 Å². The second-order valence-electron chi connectivity index (χ2n) is 8.12. The molecular formula is C21H27ClFN3O5. The average molecular weight is 456 g/mol. The highest BCUT2D eigenvalue weighted by atomic mass is 35.5. The first kappa shape index (κ1) is 23.3. The zero-order chi connectivity index (χ0) is 21.6. The fourth-order valence-electron chi connectivity index (χ4n) is 4.48. The number of nitrogens with zero attached hydrogens (tertiary/aromatic N) is 2. The predicted molar refractivity (Wildman–Crippen MR) is 117 cm³/mol. The summed E-state index contributed by atoms with van der Waals surface area (Å²) < 4.78 is 22.6. The maximum Gasteiger partial charge on any atom is 0.341 e. The van der Waals surface area contributed by atoms with Gasteiger partial charge in [-0.3, -0.25) is 4.79 Å². The molecule has 1 aromatic heterocycles. The van der Waals surface area contributed by atoms with Crippen molar-refractivity contribution in [3.8, 4) is 5.75 Å². The summed E-state index contributed by atoms with van der Waals surface area (Å²) in [6, 6.07) is 0.938. The van der Waals surface area contributed by atoms with Crippen molar-refractivity contribution >= 4 is 35.0 Å². The number of pyridine rings is 1. The number of nitrogens with two attached hydrogens (primary N) is 1. The molecule has 0 amide bonds. The van der Waals surface area contributed by atoms with E-state index in [4.69, 9.17) is 10.5 Å². The Balaban J connectivity index is 0.00000272. The normalized spacial score (nSPS) is 21.1. The van der Waals surface area contributed by atoms with Crippen LogP contribution in [0.1, 0.15) is 42.1 Å². The van der Waals surface area contributed by atoms with Gasteiger partial charge in [-0.05, 0) is 37.7 Å². The minimum absolute atomic E-state index is 0. The Bertz CT molecular complexity index is 1060. The van der Waals surface area contributed by atoms with Crippen LogP contribution in [0, 0.1) is 11.7 Å². The number of aliphatic hydroxyl groups excluding tert-OH is 1. The topological polar surface area (TPSA) is 118 Å². The smallest absolute Gasteiger partial charge is 0.341 e. The SMILES string of the molecule is COc1c(N2CCC(CCO)C(N)C2)c(F)cc2c(=O)c(C(=O)O)cn(C3CC3)c12.Cl. The van der Waals surface area contributed by atoms with Crippen molar-refractivity contribution in [2.24, 2.45) is 11.7 Å². The molecule has 8 nitrogen and oxygen atoms in total. The molecule has 1 saturated heterocycles. The lowest BCUT2D eigenvalue weighted by Gasteiger charge is -2.38. The molecule has 2 aromatic rings. The quantitative estimate of drug-likeness (QED) is 0.610. The lowest BCUT2D eigenvalue weighted by Crippen LogP contribution is -2.49. The molecule has 1 saturated carbocycles. The fraction of sp³-hybridized carbons (Fsp3) is 0.524. The maximum absolute atomic E-state index is 15.3. The zero-order valence-corrected chi connectivity index (χ0v) is 18.0. The van der Waals surface area contributed by atoms with Gasteiger partial charge in [0.2, 0.25) is 5.43 Å². The second kappa shape index (κ2) is 9.02. The number of ether oxygens (including phenoxy) is 1. The Morgan fingerprint density at radius 2 is 2.06 bits per heavy atom. The van der Waals surface area contributed by atoms with E-state index in [0.717, 1.165) is 18.9 Å². The number of benzene rings is 1. The summed E-state index contributed by atoms with van der Waals surface area (Å²) in [7, 11) is 1.42. The van der Waals surface area contributed by atoms with Crippen LogP contribution in [-0.4, -0.2) is 53.6 Å². The van der Waals surface area contributed by atoms with Gasteiger partial charge in [-0.1, -0.05) is 0 Å². The van der Waals surface area contributed by atoms with Crippen LogP contribution in [0.2, 0.25) is 0 Å². The molecule has 0 spiro atoms. The summed E-state index contributed by atoms with van der Waals surface area (Å²) in [5.41, 5.74) is 5.82. The van der Waals surface area contributed by atoms with Gasteiger partial charge < -0.3 is 30.2 Å². The highest BCUT2D eigenvalue weighted by molar-refractivity contribution is 5.97. The molecule has 10 heteroatoms. The minimum atomic E-state index is -1.34. The molecule has 2 heterocycles. The van der Waals surface area contributed by atoms with Crippen molar-refractivity contribution in [1.29, 1.82) is 0 Å². The van der Waals surface area contributed by atoms with Gasteiger partial charge in [-0.15, -0.1) is 12.4 Å². The first-order chi connectivity index (χ1) is 14.4. The van der Waals surface area contributed by atoms with Crippen LogP contribution >= 0.6 is 12.4 Å². The summed E-state index contributed by atoms with van der Waals surface area (Å²) in [5.74, 6) is -1.60. The van der Waals surface area contributed by atoms with Crippen LogP contribution in [0.25, 0.3) is 10.9 Å². The number of carbonyl (C=O) groups is 1. The third kappa shape index (κ3) is 4.09. The van der Waals surface area contributed by atoms with Crippen molar-refractivity contribution in [1.82, 2.24) is 4.57 Å². The van der Waals surface area contributed by atoms with E-state index < -0.39 is 17.2 Å². The van der Waals surface area contributed by atoms with E-state index >= 15 is 4.39 Å². The number of aromatic nitrogens is 1. The van der Waals surface area contributed by atoms with Gasteiger partial charge >= 0.3 is 5.97 Å². The summed E-state index contributed by atoms with van der Waals surface area (Å²) in [6.45, 7) is 0.994. The summed E-state index contributed by atoms with van der Waals surface area (Å²) in [6.07, 6.45) is 4.35. The Kier molecular flexibility index (Phi) is 6.78. The van der Waals surface area contributed by atoms with Crippen LogP contribution in [0.5, 0.6) is 5.75 Å². The number of carboxylic acids is 1. The molecule has 2 unspecified atom stereocenters. The van der Waals surface area contributed by atoms with E-state index in [1.807, 2.05) is 4.90 Å². The number of methoxy groups -OCH3 is 1. The van der Waals surface area contributed by atoms with Crippen LogP contribution in [0.15, 0.2) is 17.1 Å². The van der Waals surface area contributed by atoms with Gasteiger partial charge in [0.1, 0.15) is 11.3 Å². The molecule has 0 bridgehead atoms. The Hall–Kier alpha value is -2.36. The second-order valence-corrected chi connectivity index (χ2v) is 8.12. The van der Waals surface area contributed by atoms with E-state index in [1.54, 1.807) is 4.57 Å². The number of anilines is 1. The summed E-state index contributed by atoms with van der Waals surface area (Å²) >= 11 is 0. The lowest BCUT2D eigenvalue weighted by molar-refractivity contribution is 0.0694. The van der Waals surface area contributed by atoms with Crippen LogP contribution in [-0.2, 0) is 0 Å². The van der Waals surface area contributed by atoms with E-state index in [2.05, 4.69) is 0 Å².